The topological polar surface area (TPSA) is 49.4 Å². The first-order valence-corrected chi connectivity index (χ1v) is 8.78. The van der Waals surface area contributed by atoms with E-state index in [-0.39, 0.29) is 23.8 Å². The van der Waals surface area contributed by atoms with Crippen molar-refractivity contribution >= 4 is 11.8 Å². The highest BCUT2D eigenvalue weighted by atomic mass is 16.2. The number of imide groups is 1. The van der Waals surface area contributed by atoms with Crippen molar-refractivity contribution in [3.8, 4) is 0 Å². The molecule has 2 aromatic rings. The number of nitrogens with one attached hydrogen (secondary N) is 1. The van der Waals surface area contributed by atoms with Gasteiger partial charge in [0.2, 0.25) is 0 Å². The van der Waals surface area contributed by atoms with Gasteiger partial charge in [-0.25, -0.2) is 0 Å². The van der Waals surface area contributed by atoms with Crippen molar-refractivity contribution in [2.45, 2.75) is 24.4 Å². The number of hydrogen-bond acceptors (Lipinski definition) is 3. The number of hydrogen-bond donors (Lipinski definition) is 1. The third kappa shape index (κ3) is 2.64. The molecule has 4 nitrogen and oxygen atoms in total. The van der Waals surface area contributed by atoms with E-state index in [0.29, 0.717) is 11.1 Å². The van der Waals surface area contributed by atoms with Crippen LogP contribution in [0.25, 0.3) is 0 Å². The predicted molar refractivity (Wildman–Crippen MR) is 101 cm³/mol. The third-order valence-electron chi connectivity index (χ3n) is 5.15. The summed E-state index contributed by atoms with van der Waals surface area (Å²) in [6.07, 6.45) is 6.51. The fourth-order valence-electron chi connectivity index (χ4n) is 3.83. The van der Waals surface area contributed by atoms with E-state index in [9.17, 15) is 9.59 Å². The number of fused-ring (bicyclic) bond motifs is 1. The van der Waals surface area contributed by atoms with Gasteiger partial charge < -0.3 is 5.32 Å². The second-order valence-electron chi connectivity index (χ2n) is 6.64. The third-order valence-corrected chi connectivity index (χ3v) is 5.15. The molecule has 2 aliphatic rings. The summed E-state index contributed by atoms with van der Waals surface area (Å²) in [5, 5.41) is 3.32. The summed E-state index contributed by atoms with van der Waals surface area (Å²) in [5.74, 6) is -0.258. The number of nitrogens with zero attached hydrogens (tertiary/aromatic N) is 1. The Labute approximate surface area is 152 Å². The van der Waals surface area contributed by atoms with E-state index in [1.807, 2.05) is 24.4 Å². The van der Waals surface area contributed by atoms with E-state index in [2.05, 4.69) is 30.1 Å². The number of rotatable bonds is 4. The van der Waals surface area contributed by atoms with E-state index in [1.54, 1.807) is 30.3 Å². The molecule has 2 amide bonds. The van der Waals surface area contributed by atoms with Gasteiger partial charge in [-0.05, 0) is 30.3 Å². The van der Waals surface area contributed by atoms with Crippen LogP contribution < -0.4 is 5.32 Å². The van der Waals surface area contributed by atoms with E-state index >= 15 is 0 Å². The summed E-state index contributed by atoms with van der Waals surface area (Å²) in [4.78, 5) is 27.0. The molecule has 2 aliphatic heterocycles. The lowest BCUT2D eigenvalue weighted by Crippen LogP contribution is -2.51. The van der Waals surface area contributed by atoms with Gasteiger partial charge in [-0.15, -0.1) is 6.58 Å². The molecular weight excluding hydrogens is 324 g/mol. The predicted octanol–water partition coefficient (Wildman–Crippen LogP) is 3.50. The molecule has 3 atom stereocenters. The Balaban J connectivity index is 1.61. The molecule has 2 heterocycles. The zero-order valence-electron chi connectivity index (χ0n) is 14.3. The summed E-state index contributed by atoms with van der Waals surface area (Å²) in [7, 11) is 0. The maximum atomic E-state index is 12.8. The monoisotopic (exact) mass is 344 g/mol. The van der Waals surface area contributed by atoms with Gasteiger partial charge in [-0.2, -0.15) is 0 Å². The number of carbonyl (C=O) groups is 2. The van der Waals surface area contributed by atoms with Crippen LogP contribution in [0.2, 0.25) is 0 Å². The Morgan fingerprint density at radius 1 is 1.00 bits per heavy atom. The Kier molecular flexibility index (Phi) is 4.17. The summed E-state index contributed by atoms with van der Waals surface area (Å²) >= 11 is 0. The molecule has 0 fully saturated rings. The lowest BCUT2D eigenvalue weighted by Gasteiger charge is -2.35. The SMILES string of the molecule is C=CC(C1CC(c2ccccc2)C=CN1)N1C(=O)c2ccccc2C1=O. The highest BCUT2D eigenvalue weighted by molar-refractivity contribution is 6.21. The molecule has 0 radical (unpaired) electrons. The summed E-state index contributed by atoms with van der Waals surface area (Å²) in [6.45, 7) is 3.90. The maximum Gasteiger partial charge on any atom is 0.262 e. The Morgan fingerprint density at radius 3 is 2.23 bits per heavy atom. The van der Waals surface area contributed by atoms with Crippen LogP contribution in [0.1, 0.15) is 38.6 Å². The van der Waals surface area contributed by atoms with Crippen LogP contribution in [0.15, 0.2) is 79.5 Å². The molecule has 4 rings (SSSR count). The van der Waals surface area contributed by atoms with Gasteiger partial charge in [0.1, 0.15) is 0 Å². The van der Waals surface area contributed by atoms with Crippen molar-refractivity contribution in [3.63, 3.8) is 0 Å². The molecule has 4 heteroatoms. The summed E-state index contributed by atoms with van der Waals surface area (Å²) in [6, 6.07) is 16.7. The van der Waals surface area contributed by atoms with Crippen molar-refractivity contribution in [3.05, 3.63) is 96.2 Å². The van der Waals surface area contributed by atoms with Crippen molar-refractivity contribution < 1.29 is 9.59 Å². The van der Waals surface area contributed by atoms with Crippen LogP contribution in [0.4, 0.5) is 0 Å². The smallest absolute Gasteiger partial charge is 0.262 e. The van der Waals surface area contributed by atoms with Gasteiger partial charge in [0.25, 0.3) is 11.8 Å². The minimum atomic E-state index is -0.404. The molecule has 1 N–H and O–H groups in total. The van der Waals surface area contributed by atoms with Gasteiger partial charge in [0.15, 0.2) is 0 Å². The zero-order valence-corrected chi connectivity index (χ0v) is 14.3. The molecule has 0 spiro atoms. The van der Waals surface area contributed by atoms with Crippen LogP contribution in [0.5, 0.6) is 0 Å². The zero-order chi connectivity index (χ0) is 18.1. The molecule has 3 unspecified atom stereocenters. The van der Waals surface area contributed by atoms with Gasteiger partial charge in [-0.3, -0.25) is 14.5 Å². The van der Waals surface area contributed by atoms with Gasteiger partial charge in [0.05, 0.1) is 23.2 Å². The number of allylic oxidation sites excluding steroid dienone is 1. The van der Waals surface area contributed by atoms with E-state index in [0.717, 1.165) is 6.42 Å². The van der Waals surface area contributed by atoms with Crippen LogP contribution >= 0.6 is 0 Å². The number of carbonyl (C=O) groups excluding carboxylic acids is 2. The highest BCUT2D eigenvalue weighted by Gasteiger charge is 2.42. The fraction of sp³-hybridized carbons (Fsp3) is 0.182. The largest absolute Gasteiger partial charge is 0.386 e. The number of amides is 2. The van der Waals surface area contributed by atoms with Crippen LogP contribution in [0.3, 0.4) is 0 Å². The molecule has 2 aromatic carbocycles. The normalized spacial score (nSPS) is 22.7. The fourth-order valence-corrected chi connectivity index (χ4v) is 3.83. The highest BCUT2D eigenvalue weighted by Crippen LogP contribution is 2.31. The second-order valence-corrected chi connectivity index (χ2v) is 6.64. The average molecular weight is 344 g/mol. The molecule has 0 saturated heterocycles. The molecule has 0 aliphatic carbocycles. The Bertz CT molecular complexity index is 853. The number of benzene rings is 2. The molecule has 0 saturated carbocycles. The molecule has 0 aromatic heterocycles. The second kappa shape index (κ2) is 6.64. The first-order valence-electron chi connectivity index (χ1n) is 8.78. The van der Waals surface area contributed by atoms with Crippen LogP contribution in [0, 0.1) is 0 Å². The maximum absolute atomic E-state index is 12.8. The minimum Gasteiger partial charge on any atom is -0.386 e. The summed E-state index contributed by atoms with van der Waals surface area (Å²) in [5.41, 5.74) is 2.16. The summed E-state index contributed by atoms with van der Waals surface area (Å²) < 4.78 is 0. The van der Waals surface area contributed by atoms with Gasteiger partial charge in [0, 0.05) is 5.92 Å². The first-order chi connectivity index (χ1) is 12.7. The quantitative estimate of drug-likeness (QED) is 0.682. The van der Waals surface area contributed by atoms with Crippen molar-refractivity contribution in [1.29, 1.82) is 0 Å². The van der Waals surface area contributed by atoms with Gasteiger partial charge >= 0.3 is 0 Å². The van der Waals surface area contributed by atoms with Crippen molar-refractivity contribution in [2.24, 2.45) is 0 Å². The van der Waals surface area contributed by atoms with Crippen molar-refractivity contribution in [2.75, 3.05) is 0 Å². The lowest BCUT2D eigenvalue weighted by molar-refractivity contribution is 0.0585. The molecule has 130 valence electrons. The van der Waals surface area contributed by atoms with Gasteiger partial charge in [-0.1, -0.05) is 54.6 Å². The van der Waals surface area contributed by atoms with E-state index in [4.69, 9.17) is 0 Å². The Morgan fingerprint density at radius 2 is 1.62 bits per heavy atom. The van der Waals surface area contributed by atoms with Crippen molar-refractivity contribution in [1.82, 2.24) is 10.2 Å². The van der Waals surface area contributed by atoms with Crippen LogP contribution in [-0.2, 0) is 0 Å². The van der Waals surface area contributed by atoms with E-state index < -0.39 is 6.04 Å². The standard InChI is InChI=1S/C22H20N2O2/c1-2-20(24-21(25)17-10-6-7-11-18(17)22(24)26)19-14-16(12-13-23-19)15-8-4-3-5-9-15/h2-13,16,19-20,23H,1,14H2. The Hall–Kier alpha value is -3.14. The minimum absolute atomic E-state index is 0.0788. The molecular formula is C22H20N2O2. The first kappa shape index (κ1) is 16.3. The van der Waals surface area contributed by atoms with Crippen LogP contribution in [-0.4, -0.2) is 28.8 Å². The van der Waals surface area contributed by atoms with E-state index in [1.165, 1.54) is 10.5 Å². The lowest BCUT2D eigenvalue weighted by atomic mass is 9.87. The molecule has 26 heavy (non-hydrogen) atoms. The average Bonchev–Trinajstić information content (AvgIpc) is 2.95. The molecule has 0 bridgehead atoms.